The van der Waals surface area contributed by atoms with Gasteiger partial charge in [0.25, 0.3) is 0 Å². The number of carbonyl (C=O) groups excluding carboxylic acids is 3. The number of ether oxygens (including phenoxy) is 3. The predicted octanol–water partition coefficient (Wildman–Crippen LogP) is 4.41. The average Bonchev–Trinajstić information content (AvgIpc) is 3.00. The van der Waals surface area contributed by atoms with Crippen LogP contribution in [-0.4, -0.2) is 37.5 Å². The van der Waals surface area contributed by atoms with E-state index >= 15 is 0 Å². The molecule has 0 saturated heterocycles. The fourth-order valence-electron chi connectivity index (χ4n) is 2.95. The molecule has 0 spiro atoms. The Kier molecular flexibility index (Phi) is 8.41. The highest BCUT2D eigenvalue weighted by molar-refractivity contribution is 7.18. The van der Waals surface area contributed by atoms with Crippen LogP contribution in [0.5, 0.6) is 11.5 Å². The van der Waals surface area contributed by atoms with Gasteiger partial charge in [0.05, 0.1) is 36.7 Å². The molecule has 2 aromatic rings. The summed E-state index contributed by atoms with van der Waals surface area (Å²) in [5.74, 6) is 0.143. The minimum absolute atomic E-state index is 0.0705. The van der Waals surface area contributed by atoms with Crippen LogP contribution in [0, 0.1) is 6.92 Å². The maximum atomic E-state index is 12.7. The van der Waals surface area contributed by atoms with Crippen molar-refractivity contribution in [2.75, 3.05) is 25.1 Å². The second-order valence-electron chi connectivity index (χ2n) is 6.41. The van der Waals surface area contributed by atoms with Crippen LogP contribution in [0.3, 0.4) is 0 Å². The van der Waals surface area contributed by atoms with Gasteiger partial charge in [-0.3, -0.25) is 9.59 Å². The van der Waals surface area contributed by atoms with Crippen LogP contribution in [0.2, 0.25) is 0 Å². The lowest BCUT2D eigenvalue weighted by Crippen LogP contribution is -2.16. The lowest BCUT2D eigenvalue weighted by molar-refractivity contribution is -0.115. The van der Waals surface area contributed by atoms with Crippen LogP contribution in [-0.2, 0) is 16.0 Å². The van der Waals surface area contributed by atoms with Crippen molar-refractivity contribution in [3.63, 3.8) is 0 Å². The summed E-state index contributed by atoms with van der Waals surface area (Å²) in [6, 6.07) is 5.32. The van der Waals surface area contributed by atoms with Gasteiger partial charge in [-0.25, -0.2) is 4.79 Å². The van der Waals surface area contributed by atoms with E-state index in [1.54, 1.807) is 32.0 Å². The van der Waals surface area contributed by atoms with Gasteiger partial charge in [0.15, 0.2) is 17.3 Å². The van der Waals surface area contributed by atoms with Crippen LogP contribution in [0.1, 0.15) is 58.9 Å². The van der Waals surface area contributed by atoms with Gasteiger partial charge in [0, 0.05) is 0 Å². The summed E-state index contributed by atoms with van der Waals surface area (Å²) in [6.07, 6.45) is 0.0705. The van der Waals surface area contributed by atoms with Crippen LogP contribution in [0.4, 0.5) is 5.00 Å². The number of rotatable bonds is 10. The molecule has 0 saturated carbocycles. The molecule has 30 heavy (non-hydrogen) atoms. The standard InChI is InChI=1S/C22H27NO6S/c1-6-27-16-10-9-15(11-17(16)28-7-2)12-18(25)23-21-19(22(26)29-8-3)13(4)20(30-21)14(5)24/h9-11H,6-8,12H2,1-5H3,(H,23,25). The van der Waals surface area contributed by atoms with Gasteiger partial charge >= 0.3 is 5.97 Å². The first kappa shape index (κ1) is 23.4. The molecular weight excluding hydrogens is 406 g/mol. The van der Waals surface area contributed by atoms with E-state index in [1.807, 2.05) is 13.8 Å². The molecule has 8 heteroatoms. The smallest absolute Gasteiger partial charge is 0.341 e. The Morgan fingerprint density at radius 1 is 1.00 bits per heavy atom. The number of Topliss-reactive ketones (excluding diaryl/α,β-unsaturated/α-hetero) is 1. The minimum Gasteiger partial charge on any atom is -0.490 e. The molecule has 7 nitrogen and oxygen atoms in total. The zero-order valence-electron chi connectivity index (χ0n) is 17.9. The normalized spacial score (nSPS) is 10.4. The molecule has 1 N–H and O–H groups in total. The van der Waals surface area contributed by atoms with Crippen molar-refractivity contribution >= 4 is 34.0 Å². The average molecular weight is 434 g/mol. The summed E-state index contributed by atoms with van der Waals surface area (Å²) in [7, 11) is 0. The van der Waals surface area contributed by atoms with Crippen molar-refractivity contribution in [1.82, 2.24) is 0 Å². The van der Waals surface area contributed by atoms with Gasteiger partial charge in [-0.05, 0) is 57.9 Å². The first-order valence-corrected chi connectivity index (χ1v) is 10.6. The van der Waals surface area contributed by atoms with Crippen LogP contribution < -0.4 is 14.8 Å². The second kappa shape index (κ2) is 10.8. The number of benzene rings is 1. The van der Waals surface area contributed by atoms with Gasteiger partial charge in [0.2, 0.25) is 5.91 Å². The Morgan fingerprint density at radius 3 is 2.27 bits per heavy atom. The fourth-order valence-corrected chi connectivity index (χ4v) is 4.05. The number of esters is 1. The van der Waals surface area contributed by atoms with E-state index in [9.17, 15) is 14.4 Å². The quantitative estimate of drug-likeness (QED) is 0.441. The molecule has 2 rings (SSSR count). The summed E-state index contributed by atoms with van der Waals surface area (Å²) < 4.78 is 16.2. The Balaban J connectivity index is 2.26. The van der Waals surface area contributed by atoms with Crippen molar-refractivity contribution < 1.29 is 28.6 Å². The lowest BCUT2D eigenvalue weighted by atomic mass is 10.1. The SMILES string of the molecule is CCOC(=O)c1c(NC(=O)Cc2ccc(OCC)c(OCC)c2)sc(C(C)=O)c1C. The van der Waals surface area contributed by atoms with E-state index in [-0.39, 0.29) is 30.3 Å². The Hall–Kier alpha value is -2.87. The molecule has 162 valence electrons. The van der Waals surface area contributed by atoms with E-state index in [4.69, 9.17) is 14.2 Å². The Morgan fingerprint density at radius 2 is 1.67 bits per heavy atom. The van der Waals surface area contributed by atoms with Crippen LogP contribution in [0.15, 0.2) is 18.2 Å². The number of hydrogen-bond donors (Lipinski definition) is 1. The predicted molar refractivity (Wildman–Crippen MR) is 116 cm³/mol. The van der Waals surface area contributed by atoms with Gasteiger partial charge in [-0.2, -0.15) is 0 Å². The third kappa shape index (κ3) is 5.60. The van der Waals surface area contributed by atoms with Gasteiger partial charge in [-0.15, -0.1) is 11.3 Å². The minimum atomic E-state index is -0.561. The van der Waals surface area contributed by atoms with Gasteiger partial charge in [0.1, 0.15) is 5.00 Å². The molecule has 1 heterocycles. The zero-order chi connectivity index (χ0) is 22.3. The highest BCUT2D eigenvalue weighted by Gasteiger charge is 2.25. The van der Waals surface area contributed by atoms with E-state index in [0.717, 1.165) is 16.9 Å². The largest absolute Gasteiger partial charge is 0.490 e. The highest BCUT2D eigenvalue weighted by Crippen LogP contribution is 2.34. The van der Waals surface area contributed by atoms with E-state index in [1.165, 1.54) is 6.92 Å². The van der Waals surface area contributed by atoms with Crippen molar-refractivity contribution in [3.05, 3.63) is 39.8 Å². The van der Waals surface area contributed by atoms with E-state index < -0.39 is 5.97 Å². The Labute approximate surface area is 180 Å². The molecular formula is C22H27NO6S. The van der Waals surface area contributed by atoms with Crippen LogP contribution in [0.25, 0.3) is 0 Å². The zero-order valence-corrected chi connectivity index (χ0v) is 18.7. The van der Waals surface area contributed by atoms with E-state index in [2.05, 4.69) is 5.32 Å². The molecule has 0 aliphatic carbocycles. The summed E-state index contributed by atoms with van der Waals surface area (Å²) >= 11 is 1.08. The number of carbonyl (C=O) groups is 3. The number of nitrogens with one attached hydrogen (secondary N) is 1. The van der Waals surface area contributed by atoms with Crippen molar-refractivity contribution in [1.29, 1.82) is 0 Å². The lowest BCUT2D eigenvalue weighted by Gasteiger charge is -2.12. The molecule has 0 atom stereocenters. The monoisotopic (exact) mass is 433 g/mol. The first-order chi connectivity index (χ1) is 14.3. The van der Waals surface area contributed by atoms with Gasteiger partial charge < -0.3 is 19.5 Å². The van der Waals surface area contributed by atoms with Gasteiger partial charge in [-0.1, -0.05) is 6.07 Å². The molecule has 0 radical (unpaired) electrons. The molecule has 1 aromatic carbocycles. The van der Waals surface area contributed by atoms with Crippen molar-refractivity contribution in [2.24, 2.45) is 0 Å². The Bertz CT molecular complexity index is 934. The topological polar surface area (TPSA) is 90.9 Å². The maximum absolute atomic E-state index is 12.7. The number of ketones is 1. The molecule has 0 bridgehead atoms. The highest BCUT2D eigenvalue weighted by atomic mass is 32.1. The molecule has 0 unspecified atom stereocenters. The van der Waals surface area contributed by atoms with E-state index in [0.29, 0.717) is 40.2 Å². The molecule has 1 amide bonds. The number of hydrogen-bond acceptors (Lipinski definition) is 7. The third-order valence-electron chi connectivity index (χ3n) is 4.17. The van der Waals surface area contributed by atoms with Crippen LogP contribution >= 0.6 is 11.3 Å². The first-order valence-electron chi connectivity index (χ1n) is 9.82. The molecule has 1 aromatic heterocycles. The number of thiophene rings is 1. The summed E-state index contributed by atoms with van der Waals surface area (Å²) in [5, 5.41) is 3.08. The summed E-state index contributed by atoms with van der Waals surface area (Å²) in [5.41, 5.74) is 1.47. The summed E-state index contributed by atoms with van der Waals surface area (Å²) in [4.78, 5) is 37.4. The van der Waals surface area contributed by atoms with Crippen molar-refractivity contribution in [2.45, 2.75) is 41.0 Å². The summed E-state index contributed by atoms with van der Waals surface area (Å²) in [6.45, 7) is 9.74. The van der Waals surface area contributed by atoms with Crippen molar-refractivity contribution in [3.8, 4) is 11.5 Å². The molecule has 0 aliphatic rings. The third-order valence-corrected chi connectivity index (χ3v) is 5.48. The second-order valence-corrected chi connectivity index (χ2v) is 7.43. The maximum Gasteiger partial charge on any atom is 0.341 e. The molecule has 0 aliphatic heterocycles. The fraction of sp³-hybridized carbons (Fsp3) is 0.409. The number of anilines is 1. The number of amides is 1. The molecule has 0 fully saturated rings.